The van der Waals surface area contributed by atoms with Gasteiger partial charge in [0.1, 0.15) is 10.5 Å². The molecule has 2 aliphatic rings. The lowest BCUT2D eigenvalue weighted by Crippen LogP contribution is -2.68. The Bertz CT molecular complexity index is 919. The molecule has 2 aromatic rings. The molecule has 138 valence electrons. The van der Waals surface area contributed by atoms with Gasteiger partial charge in [-0.3, -0.25) is 4.79 Å². The normalized spacial score (nSPS) is 23.0. The lowest BCUT2D eigenvalue weighted by Gasteiger charge is -2.49. The summed E-state index contributed by atoms with van der Waals surface area (Å²) in [6.45, 7) is 2.30. The summed E-state index contributed by atoms with van der Waals surface area (Å²) in [5, 5.41) is 0. The second-order valence-electron chi connectivity index (χ2n) is 6.78. The number of hydrogen-bond acceptors (Lipinski definition) is 7. The summed E-state index contributed by atoms with van der Waals surface area (Å²) in [6.07, 6.45) is 3.65. The maximum atomic E-state index is 12.6. The highest BCUT2D eigenvalue weighted by Gasteiger charge is 2.63. The van der Waals surface area contributed by atoms with Crippen LogP contribution in [0.1, 0.15) is 22.7 Å². The van der Waals surface area contributed by atoms with Crippen LogP contribution in [-0.4, -0.2) is 59.4 Å². The van der Waals surface area contributed by atoms with Crippen molar-refractivity contribution < 1.29 is 22.4 Å². The first kappa shape index (κ1) is 17.0. The molecule has 2 fully saturated rings. The zero-order valence-corrected chi connectivity index (χ0v) is 15.1. The first-order valence-corrected chi connectivity index (χ1v) is 10.0. The van der Waals surface area contributed by atoms with Crippen LogP contribution in [0.15, 0.2) is 35.0 Å². The number of sulfone groups is 1. The van der Waals surface area contributed by atoms with Crippen molar-refractivity contribution in [3.8, 4) is 6.01 Å². The average molecular weight is 377 g/mol. The SMILES string of the molecule is Cc1ccc(C(=O)N2CC3(C2)C(COc2ncccn2)CCS3(=O)=O)o1. The largest absolute Gasteiger partial charge is 0.463 e. The fourth-order valence-corrected chi connectivity index (χ4v) is 6.09. The standard InChI is InChI=1S/C17H19N3O5S/c1-12-3-4-14(25-12)15(21)20-10-17(11-20)13(5-8-26(17,22)23)9-24-16-18-6-2-7-19-16/h2-4,6-7,13H,5,8-11H2,1H3. The van der Waals surface area contributed by atoms with Gasteiger partial charge in [0.15, 0.2) is 15.6 Å². The molecule has 0 radical (unpaired) electrons. The number of amides is 1. The summed E-state index contributed by atoms with van der Waals surface area (Å²) in [4.78, 5) is 22.0. The molecular weight excluding hydrogens is 358 g/mol. The molecule has 1 amide bonds. The molecule has 2 saturated heterocycles. The Hall–Kier alpha value is -2.42. The fraction of sp³-hybridized carbons (Fsp3) is 0.471. The zero-order valence-electron chi connectivity index (χ0n) is 14.3. The molecule has 2 aromatic heterocycles. The molecule has 4 heterocycles. The highest BCUT2D eigenvalue weighted by atomic mass is 32.2. The van der Waals surface area contributed by atoms with E-state index < -0.39 is 14.6 Å². The smallest absolute Gasteiger partial charge is 0.316 e. The van der Waals surface area contributed by atoms with Crippen molar-refractivity contribution in [1.29, 1.82) is 0 Å². The van der Waals surface area contributed by atoms with Gasteiger partial charge in [0.25, 0.3) is 5.91 Å². The number of hydrogen-bond donors (Lipinski definition) is 0. The molecule has 26 heavy (non-hydrogen) atoms. The quantitative estimate of drug-likeness (QED) is 0.786. The number of likely N-dealkylation sites (tertiary alicyclic amines) is 1. The number of aromatic nitrogens is 2. The first-order chi connectivity index (χ1) is 12.4. The predicted octanol–water partition coefficient (Wildman–Crippen LogP) is 1.09. The van der Waals surface area contributed by atoms with Crippen molar-refractivity contribution >= 4 is 15.7 Å². The Morgan fingerprint density at radius 3 is 2.73 bits per heavy atom. The minimum Gasteiger partial charge on any atom is -0.463 e. The molecule has 0 aliphatic carbocycles. The summed E-state index contributed by atoms with van der Waals surface area (Å²) in [5.41, 5.74) is 0. The van der Waals surface area contributed by atoms with Crippen LogP contribution in [0.25, 0.3) is 0 Å². The Morgan fingerprint density at radius 1 is 1.35 bits per heavy atom. The maximum Gasteiger partial charge on any atom is 0.316 e. The van der Waals surface area contributed by atoms with Gasteiger partial charge in [-0.05, 0) is 31.5 Å². The summed E-state index contributed by atoms with van der Waals surface area (Å²) in [6, 6.07) is 5.23. The highest BCUT2D eigenvalue weighted by molar-refractivity contribution is 7.93. The minimum absolute atomic E-state index is 0.110. The van der Waals surface area contributed by atoms with Gasteiger partial charge >= 0.3 is 6.01 Å². The fourth-order valence-electron chi connectivity index (χ4n) is 3.69. The molecule has 0 N–H and O–H groups in total. The molecule has 1 spiro atoms. The lowest BCUT2D eigenvalue weighted by atomic mass is 9.83. The number of aryl methyl sites for hydroxylation is 1. The van der Waals surface area contributed by atoms with E-state index in [-0.39, 0.29) is 49.0 Å². The molecule has 1 atom stereocenters. The van der Waals surface area contributed by atoms with E-state index in [9.17, 15) is 13.2 Å². The molecule has 2 aliphatic heterocycles. The van der Waals surface area contributed by atoms with Crippen molar-refractivity contribution in [1.82, 2.24) is 14.9 Å². The van der Waals surface area contributed by atoms with E-state index in [1.54, 1.807) is 37.5 Å². The van der Waals surface area contributed by atoms with Crippen molar-refractivity contribution in [2.45, 2.75) is 18.1 Å². The van der Waals surface area contributed by atoms with E-state index in [0.29, 0.717) is 12.2 Å². The molecule has 0 bridgehead atoms. The Balaban J connectivity index is 1.47. The maximum absolute atomic E-state index is 12.6. The number of furan rings is 1. The zero-order chi connectivity index (χ0) is 18.4. The van der Waals surface area contributed by atoms with Gasteiger partial charge in [-0.15, -0.1) is 0 Å². The van der Waals surface area contributed by atoms with Gasteiger partial charge in [0.2, 0.25) is 0 Å². The van der Waals surface area contributed by atoms with E-state index in [1.165, 1.54) is 4.90 Å². The van der Waals surface area contributed by atoms with Gasteiger partial charge in [-0.2, -0.15) is 0 Å². The number of nitrogens with zero attached hydrogens (tertiary/aromatic N) is 3. The van der Waals surface area contributed by atoms with Crippen LogP contribution in [-0.2, 0) is 9.84 Å². The van der Waals surface area contributed by atoms with Crippen LogP contribution in [0.2, 0.25) is 0 Å². The summed E-state index contributed by atoms with van der Waals surface area (Å²) < 4.78 is 35.3. The molecule has 4 rings (SSSR count). The van der Waals surface area contributed by atoms with Gasteiger partial charge in [0, 0.05) is 31.4 Å². The summed E-state index contributed by atoms with van der Waals surface area (Å²) >= 11 is 0. The van der Waals surface area contributed by atoms with Gasteiger partial charge in [-0.25, -0.2) is 18.4 Å². The number of ether oxygens (including phenoxy) is 1. The molecule has 0 aromatic carbocycles. The van der Waals surface area contributed by atoms with E-state index in [0.717, 1.165) is 0 Å². The average Bonchev–Trinajstić information content (AvgIpc) is 3.13. The third kappa shape index (κ3) is 2.66. The van der Waals surface area contributed by atoms with Crippen molar-refractivity contribution in [3.05, 3.63) is 42.1 Å². The number of carbonyl (C=O) groups is 1. The Labute approximate surface area is 151 Å². The van der Waals surface area contributed by atoms with Gasteiger partial charge in [0.05, 0.1) is 12.4 Å². The topological polar surface area (TPSA) is 103 Å². The lowest BCUT2D eigenvalue weighted by molar-refractivity contribution is 0.0374. The number of carbonyl (C=O) groups excluding carboxylic acids is 1. The van der Waals surface area contributed by atoms with Crippen molar-refractivity contribution in [3.63, 3.8) is 0 Å². The van der Waals surface area contributed by atoms with Crippen LogP contribution in [0.3, 0.4) is 0 Å². The second kappa shape index (κ2) is 6.08. The van der Waals surface area contributed by atoms with E-state index in [2.05, 4.69) is 9.97 Å². The second-order valence-corrected chi connectivity index (χ2v) is 9.23. The van der Waals surface area contributed by atoms with Crippen LogP contribution >= 0.6 is 0 Å². The van der Waals surface area contributed by atoms with Gasteiger partial charge in [-0.1, -0.05) is 0 Å². The third-order valence-electron chi connectivity index (χ3n) is 5.21. The van der Waals surface area contributed by atoms with Crippen LogP contribution in [0, 0.1) is 12.8 Å². The monoisotopic (exact) mass is 377 g/mol. The van der Waals surface area contributed by atoms with Crippen molar-refractivity contribution in [2.24, 2.45) is 5.92 Å². The Morgan fingerprint density at radius 2 is 2.08 bits per heavy atom. The molecule has 0 saturated carbocycles. The van der Waals surface area contributed by atoms with Gasteiger partial charge < -0.3 is 14.1 Å². The van der Waals surface area contributed by atoms with E-state index >= 15 is 0 Å². The van der Waals surface area contributed by atoms with E-state index in [4.69, 9.17) is 9.15 Å². The molecular formula is C17H19N3O5S. The third-order valence-corrected chi connectivity index (χ3v) is 7.81. The molecule has 8 nitrogen and oxygen atoms in total. The predicted molar refractivity (Wildman–Crippen MR) is 91.5 cm³/mol. The van der Waals surface area contributed by atoms with Crippen LogP contribution in [0.5, 0.6) is 6.01 Å². The number of rotatable bonds is 4. The van der Waals surface area contributed by atoms with E-state index in [1.807, 2.05) is 0 Å². The first-order valence-electron chi connectivity index (χ1n) is 8.39. The van der Waals surface area contributed by atoms with Crippen LogP contribution in [0.4, 0.5) is 0 Å². The summed E-state index contributed by atoms with van der Waals surface area (Å²) in [7, 11) is -3.29. The summed E-state index contributed by atoms with van der Waals surface area (Å²) in [5.74, 6) is 0.512. The van der Waals surface area contributed by atoms with Crippen molar-refractivity contribution in [2.75, 3.05) is 25.4 Å². The highest BCUT2D eigenvalue weighted by Crippen LogP contribution is 2.45. The van der Waals surface area contributed by atoms with Crippen LogP contribution < -0.4 is 4.74 Å². The Kier molecular flexibility index (Phi) is 3.98. The molecule has 1 unspecified atom stereocenters. The minimum atomic E-state index is -3.29. The molecule has 9 heteroatoms.